The minimum Gasteiger partial charge on any atom is -0.300 e. The summed E-state index contributed by atoms with van der Waals surface area (Å²) in [6, 6.07) is 0. The molecule has 0 aliphatic carbocycles. The molecule has 0 aromatic rings. The molecule has 22 heavy (non-hydrogen) atoms. The zero-order valence-corrected chi connectivity index (χ0v) is 15.1. The van der Waals surface area contributed by atoms with Crippen LogP contribution in [0, 0.1) is 0 Å². The van der Waals surface area contributed by atoms with Crippen molar-refractivity contribution in [2.45, 2.75) is 104 Å². The van der Waals surface area contributed by atoms with Crippen LogP contribution in [0.4, 0.5) is 0 Å². The Balaban J connectivity index is 3.29. The van der Waals surface area contributed by atoms with Gasteiger partial charge in [-0.15, -0.1) is 0 Å². The van der Waals surface area contributed by atoms with E-state index in [-0.39, 0.29) is 0 Å². The monoisotopic (exact) mass is 306 g/mol. The lowest BCUT2D eigenvalue weighted by molar-refractivity contribution is -0.119. The molecule has 0 saturated carbocycles. The molecule has 0 N–H and O–H groups in total. The van der Waals surface area contributed by atoms with Gasteiger partial charge in [0.1, 0.15) is 5.78 Å². The van der Waals surface area contributed by atoms with Gasteiger partial charge >= 0.3 is 0 Å². The molecule has 1 heteroatoms. The van der Waals surface area contributed by atoms with Crippen LogP contribution in [0.2, 0.25) is 0 Å². The second-order valence-corrected chi connectivity index (χ2v) is 6.26. The number of unbranched alkanes of at least 4 members (excludes halogenated alkanes) is 8. The number of ketones is 1. The summed E-state index contributed by atoms with van der Waals surface area (Å²) in [5, 5.41) is 0. The average Bonchev–Trinajstić information content (AvgIpc) is 2.52. The highest BCUT2D eigenvalue weighted by molar-refractivity contribution is 5.78. The summed E-state index contributed by atoms with van der Waals surface area (Å²) in [6.07, 6.45) is 25.0. The molecule has 0 rings (SSSR count). The smallest absolute Gasteiger partial charge is 0.132 e. The van der Waals surface area contributed by atoms with Crippen molar-refractivity contribution < 1.29 is 4.79 Å². The summed E-state index contributed by atoms with van der Waals surface area (Å²) in [7, 11) is 0. The van der Waals surface area contributed by atoms with Crippen molar-refractivity contribution in [3.63, 3.8) is 0 Å². The summed E-state index contributed by atoms with van der Waals surface area (Å²) in [6.45, 7) is 4.45. The van der Waals surface area contributed by atoms with Gasteiger partial charge in [0.25, 0.3) is 0 Å². The lowest BCUT2D eigenvalue weighted by Gasteiger charge is -2.00. The second-order valence-electron chi connectivity index (χ2n) is 6.26. The number of Topliss-reactive ketones (excluding diaryl/α,β-unsaturated/α-hetero) is 1. The fourth-order valence-corrected chi connectivity index (χ4v) is 2.42. The predicted octanol–water partition coefficient (Wildman–Crippen LogP) is 7.17. The molecule has 0 heterocycles. The molecular weight excluding hydrogens is 268 g/mol. The van der Waals surface area contributed by atoms with Crippen LogP contribution in [-0.4, -0.2) is 5.78 Å². The first-order valence-electron chi connectivity index (χ1n) is 9.63. The number of allylic oxidation sites excluding steroid dienone is 4. The normalized spacial score (nSPS) is 11.7. The fraction of sp³-hybridized carbons (Fsp3) is 0.762. The number of hydrogen-bond acceptors (Lipinski definition) is 1. The Bertz CT molecular complexity index is 288. The first-order chi connectivity index (χ1) is 10.8. The van der Waals surface area contributed by atoms with Crippen molar-refractivity contribution in [3.8, 4) is 0 Å². The van der Waals surface area contributed by atoms with E-state index in [1.165, 1.54) is 57.8 Å². The summed E-state index contributed by atoms with van der Waals surface area (Å²) >= 11 is 0. The molecule has 0 spiro atoms. The molecule has 0 aliphatic rings. The summed E-state index contributed by atoms with van der Waals surface area (Å²) < 4.78 is 0. The van der Waals surface area contributed by atoms with Gasteiger partial charge in [-0.05, 0) is 44.9 Å². The Labute approximate surface area is 139 Å². The number of carbonyl (C=O) groups is 1. The SMILES string of the molecule is CCCC/C=C\CCCCCC(=O)CCC/C=C\CCCC. The number of carbonyl (C=O) groups excluding carboxylic acids is 1. The maximum Gasteiger partial charge on any atom is 0.132 e. The van der Waals surface area contributed by atoms with E-state index in [1.807, 2.05) is 0 Å². The van der Waals surface area contributed by atoms with Gasteiger partial charge in [-0.3, -0.25) is 4.79 Å². The van der Waals surface area contributed by atoms with E-state index in [0.717, 1.165) is 32.1 Å². The molecule has 0 amide bonds. The van der Waals surface area contributed by atoms with Gasteiger partial charge in [0.05, 0.1) is 0 Å². The largest absolute Gasteiger partial charge is 0.300 e. The van der Waals surface area contributed by atoms with Crippen LogP contribution in [-0.2, 0) is 4.79 Å². The minimum absolute atomic E-state index is 0.459. The van der Waals surface area contributed by atoms with Crippen LogP contribution >= 0.6 is 0 Å². The van der Waals surface area contributed by atoms with Gasteiger partial charge in [-0.25, -0.2) is 0 Å². The molecule has 0 fully saturated rings. The summed E-state index contributed by atoms with van der Waals surface area (Å²) in [5.74, 6) is 0.459. The zero-order chi connectivity index (χ0) is 16.3. The van der Waals surface area contributed by atoms with Crippen molar-refractivity contribution in [3.05, 3.63) is 24.3 Å². The molecular formula is C21H38O. The third-order valence-electron chi connectivity index (χ3n) is 3.93. The van der Waals surface area contributed by atoms with Crippen molar-refractivity contribution in [2.75, 3.05) is 0 Å². The number of rotatable bonds is 16. The molecule has 0 atom stereocenters. The molecule has 0 radical (unpaired) electrons. The molecule has 0 unspecified atom stereocenters. The highest BCUT2D eigenvalue weighted by Crippen LogP contribution is 2.08. The maximum absolute atomic E-state index is 11.7. The fourth-order valence-electron chi connectivity index (χ4n) is 2.42. The van der Waals surface area contributed by atoms with Crippen LogP contribution in [0.5, 0.6) is 0 Å². The number of hydrogen-bond donors (Lipinski definition) is 0. The van der Waals surface area contributed by atoms with Crippen LogP contribution < -0.4 is 0 Å². The second kappa shape index (κ2) is 18.2. The van der Waals surface area contributed by atoms with E-state index >= 15 is 0 Å². The van der Waals surface area contributed by atoms with Crippen LogP contribution in [0.3, 0.4) is 0 Å². The van der Waals surface area contributed by atoms with Gasteiger partial charge in [0.15, 0.2) is 0 Å². The maximum atomic E-state index is 11.7. The van der Waals surface area contributed by atoms with Gasteiger partial charge < -0.3 is 0 Å². The molecule has 0 aromatic heterocycles. The molecule has 0 aromatic carbocycles. The van der Waals surface area contributed by atoms with E-state index in [4.69, 9.17) is 0 Å². The minimum atomic E-state index is 0.459. The topological polar surface area (TPSA) is 17.1 Å². The molecule has 1 nitrogen and oxygen atoms in total. The third-order valence-corrected chi connectivity index (χ3v) is 3.93. The molecule has 128 valence electrons. The van der Waals surface area contributed by atoms with Gasteiger partial charge in [-0.1, -0.05) is 70.3 Å². The first-order valence-corrected chi connectivity index (χ1v) is 9.63. The highest BCUT2D eigenvalue weighted by Gasteiger charge is 2.00. The standard InChI is InChI=1S/C21H38O/c1-3-5-7-9-11-12-14-16-18-20-21(22)19-17-15-13-10-8-6-4-2/h9-11,13H,3-8,12,14-20H2,1-2H3/b11-9-,13-10-. The Kier molecular flexibility index (Phi) is 17.5. The molecule has 0 aliphatic heterocycles. The van der Waals surface area contributed by atoms with E-state index in [1.54, 1.807) is 0 Å². The van der Waals surface area contributed by atoms with Crippen molar-refractivity contribution >= 4 is 5.78 Å². The lowest BCUT2D eigenvalue weighted by atomic mass is 10.1. The average molecular weight is 307 g/mol. The Morgan fingerprint density at radius 2 is 1.05 bits per heavy atom. The van der Waals surface area contributed by atoms with E-state index in [9.17, 15) is 4.79 Å². The first kappa shape index (κ1) is 21.1. The van der Waals surface area contributed by atoms with E-state index in [2.05, 4.69) is 38.2 Å². The quantitative estimate of drug-likeness (QED) is 0.218. The lowest BCUT2D eigenvalue weighted by Crippen LogP contribution is -1.97. The highest BCUT2D eigenvalue weighted by atomic mass is 16.1. The Morgan fingerprint density at radius 3 is 1.59 bits per heavy atom. The predicted molar refractivity (Wildman–Crippen MR) is 99.3 cm³/mol. The Hall–Kier alpha value is -0.850. The van der Waals surface area contributed by atoms with Gasteiger partial charge in [-0.2, -0.15) is 0 Å². The molecule has 0 saturated heterocycles. The van der Waals surface area contributed by atoms with Crippen molar-refractivity contribution in [1.82, 2.24) is 0 Å². The third kappa shape index (κ3) is 17.2. The summed E-state index contributed by atoms with van der Waals surface area (Å²) in [4.78, 5) is 11.7. The van der Waals surface area contributed by atoms with Crippen LogP contribution in [0.1, 0.15) is 104 Å². The van der Waals surface area contributed by atoms with Crippen LogP contribution in [0.25, 0.3) is 0 Å². The van der Waals surface area contributed by atoms with Gasteiger partial charge in [0.2, 0.25) is 0 Å². The Morgan fingerprint density at radius 1 is 0.591 bits per heavy atom. The van der Waals surface area contributed by atoms with Gasteiger partial charge in [0, 0.05) is 12.8 Å². The van der Waals surface area contributed by atoms with E-state index in [0.29, 0.717) is 5.78 Å². The van der Waals surface area contributed by atoms with E-state index < -0.39 is 0 Å². The van der Waals surface area contributed by atoms with Crippen LogP contribution in [0.15, 0.2) is 24.3 Å². The summed E-state index contributed by atoms with van der Waals surface area (Å²) in [5.41, 5.74) is 0. The zero-order valence-electron chi connectivity index (χ0n) is 15.1. The molecule has 0 bridgehead atoms. The van der Waals surface area contributed by atoms with Crippen molar-refractivity contribution in [1.29, 1.82) is 0 Å². The van der Waals surface area contributed by atoms with Crippen molar-refractivity contribution in [2.24, 2.45) is 0 Å².